The summed E-state index contributed by atoms with van der Waals surface area (Å²) in [4.78, 5) is 16.6. The third-order valence-electron chi connectivity index (χ3n) is 5.26. The summed E-state index contributed by atoms with van der Waals surface area (Å²) < 4.78 is 2.16. The van der Waals surface area contributed by atoms with Gasteiger partial charge in [0.1, 0.15) is 5.82 Å². The molecule has 4 N–H and O–H groups in total. The van der Waals surface area contributed by atoms with Crippen molar-refractivity contribution in [3.63, 3.8) is 0 Å². The van der Waals surface area contributed by atoms with E-state index >= 15 is 0 Å². The molecule has 2 fully saturated rings. The van der Waals surface area contributed by atoms with Gasteiger partial charge in [0.05, 0.1) is 6.10 Å². The van der Waals surface area contributed by atoms with Crippen LogP contribution in [-0.2, 0) is 11.3 Å². The Morgan fingerprint density at radius 2 is 2.17 bits per heavy atom. The van der Waals surface area contributed by atoms with E-state index in [1.165, 1.54) is 0 Å². The smallest absolute Gasteiger partial charge is 0.223 e. The second-order valence-electron chi connectivity index (χ2n) is 7.06. The van der Waals surface area contributed by atoms with Crippen LogP contribution in [0.25, 0.3) is 0 Å². The van der Waals surface area contributed by atoms with Crippen LogP contribution < -0.4 is 11.1 Å². The van der Waals surface area contributed by atoms with Crippen molar-refractivity contribution in [2.45, 2.75) is 57.7 Å². The lowest BCUT2D eigenvalue weighted by Crippen LogP contribution is -2.45. The summed E-state index contributed by atoms with van der Waals surface area (Å²) in [5, 5.41) is 12.9. The standard InChI is InChI=1S/C16H26N4O2.2ClH/c1-11-18-6-7-20(11)10-16(4-5-16)9-19-15(22)12-2-3-13(17)14(21)8-12;;/h6-7,12-14,21H,2-5,8-10,17H2,1H3,(H,19,22);2*1H/t12-,13-,14-;;/m0../s1. The zero-order valence-electron chi connectivity index (χ0n) is 14.0. The lowest BCUT2D eigenvalue weighted by atomic mass is 9.83. The number of nitrogens with two attached hydrogens (primary N) is 1. The maximum Gasteiger partial charge on any atom is 0.223 e. The van der Waals surface area contributed by atoms with E-state index < -0.39 is 6.10 Å². The Labute approximate surface area is 155 Å². The quantitative estimate of drug-likeness (QED) is 0.721. The average molecular weight is 379 g/mol. The lowest BCUT2D eigenvalue weighted by molar-refractivity contribution is -0.127. The number of carbonyl (C=O) groups is 1. The number of aryl methyl sites for hydroxylation is 1. The predicted octanol–water partition coefficient (Wildman–Crippen LogP) is 1.42. The van der Waals surface area contributed by atoms with E-state index in [0.29, 0.717) is 13.0 Å². The Morgan fingerprint density at radius 1 is 1.46 bits per heavy atom. The number of hydrogen-bond donors (Lipinski definition) is 3. The van der Waals surface area contributed by atoms with Gasteiger partial charge in [-0.05, 0) is 39.0 Å². The first-order valence-corrected chi connectivity index (χ1v) is 8.18. The molecule has 2 aliphatic rings. The minimum atomic E-state index is -0.548. The van der Waals surface area contributed by atoms with Crippen LogP contribution in [0.3, 0.4) is 0 Å². The van der Waals surface area contributed by atoms with Gasteiger partial charge in [-0.15, -0.1) is 24.8 Å². The van der Waals surface area contributed by atoms with Crippen LogP contribution in [0.4, 0.5) is 0 Å². The predicted molar refractivity (Wildman–Crippen MR) is 97.5 cm³/mol. The first-order chi connectivity index (χ1) is 10.5. The summed E-state index contributed by atoms with van der Waals surface area (Å²) in [6.07, 6.45) is 7.53. The molecule has 1 amide bonds. The number of aromatic nitrogens is 2. The second-order valence-corrected chi connectivity index (χ2v) is 7.06. The number of nitrogens with zero attached hydrogens (tertiary/aromatic N) is 2. The summed E-state index contributed by atoms with van der Waals surface area (Å²) in [6.45, 7) is 3.63. The van der Waals surface area contributed by atoms with Crippen LogP contribution in [0.1, 0.15) is 37.9 Å². The largest absolute Gasteiger partial charge is 0.391 e. The molecule has 0 aromatic carbocycles. The molecule has 0 radical (unpaired) electrons. The Balaban J connectivity index is 0.00000144. The van der Waals surface area contributed by atoms with Crippen LogP contribution in [0.2, 0.25) is 0 Å². The van der Waals surface area contributed by atoms with Crippen molar-refractivity contribution in [3.05, 3.63) is 18.2 Å². The first kappa shape index (κ1) is 21.2. The zero-order valence-corrected chi connectivity index (χ0v) is 15.6. The molecule has 0 aliphatic heterocycles. The van der Waals surface area contributed by atoms with Gasteiger partial charge in [-0.1, -0.05) is 0 Å². The number of hydrogen-bond acceptors (Lipinski definition) is 4. The van der Waals surface area contributed by atoms with Crippen molar-refractivity contribution in [1.82, 2.24) is 14.9 Å². The number of carbonyl (C=O) groups excluding carboxylic acids is 1. The Hall–Kier alpha value is -0.820. The highest BCUT2D eigenvalue weighted by Gasteiger charge is 2.43. The topological polar surface area (TPSA) is 93.2 Å². The van der Waals surface area contributed by atoms with Crippen molar-refractivity contribution in [1.29, 1.82) is 0 Å². The van der Waals surface area contributed by atoms with Gasteiger partial charge in [0.2, 0.25) is 5.91 Å². The molecule has 2 aliphatic carbocycles. The molecule has 3 rings (SSSR count). The molecule has 6 nitrogen and oxygen atoms in total. The van der Waals surface area contributed by atoms with Gasteiger partial charge in [0, 0.05) is 42.9 Å². The minimum Gasteiger partial charge on any atom is -0.391 e. The molecule has 1 heterocycles. The third kappa shape index (κ3) is 4.85. The minimum absolute atomic E-state index is 0. The number of aliphatic hydroxyl groups is 1. The van der Waals surface area contributed by atoms with E-state index in [1.807, 2.05) is 19.3 Å². The number of imidazole rings is 1. The van der Waals surface area contributed by atoms with Crippen molar-refractivity contribution in [2.24, 2.45) is 17.1 Å². The molecule has 8 heteroatoms. The zero-order chi connectivity index (χ0) is 15.7. The van der Waals surface area contributed by atoms with Crippen LogP contribution >= 0.6 is 24.8 Å². The molecule has 24 heavy (non-hydrogen) atoms. The molecular formula is C16H28Cl2N4O2. The second kappa shape index (κ2) is 8.52. The fourth-order valence-corrected chi connectivity index (χ4v) is 3.33. The van der Waals surface area contributed by atoms with Crippen molar-refractivity contribution < 1.29 is 9.90 Å². The van der Waals surface area contributed by atoms with Gasteiger partial charge >= 0.3 is 0 Å². The van der Waals surface area contributed by atoms with E-state index in [-0.39, 0.29) is 48.1 Å². The maximum atomic E-state index is 12.3. The highest BCUT2D eigenvalue weighted by molar-refractivity contribution is 5.85. The molecule has 3 atom stereocenters. The summed E-state index contributed by atoms with van der Waals surface area (Å²) in [5.74, 6) is 0.988. The van der Waals surface area contributed by atoms with Gasteiger partial charge in [0.25, 0.3) is 0 Å². The van der Waals surface area contributed by atoms with E-state index in [2.05, 4.69) is 14.9 Å². The number of amides is 1. The third-order valence-corrected chi connectivity index (χ3v) is 5.26. The van der Waals surface area contributed by atoms with Crippen LogP contribution in [-0.4, -0.2) is 39.3 Å². The maximum absolute atomic E-state index is 12.3. The fraction of sp³-hybridized carbons (Fsp3) is 0.750. The number of aliphatic hydroxyl groups excluding tert-OH is 1. The normalized spacial score (nSPS) is 27.5. The summed E-state index contributed by atoms with van der Waals surface area (Å²) in [7, 11) is 0. The van der Waals surface area contributed by atoms with Crippen LogP contribution in [0.15, 0.2) is 12.4 Å². The lowest BCUT2D eigenvalue weighted by Gasteiger charge is -2.30. The highest BCUT2D eigenvalue weighted by Crippen LogP contribution is 2.46. The monoisotopic (exact) mass is 378 g/mol. The molecule has 0 spiro atoms. The first-order valence-electron chi connectivity index (χ1n) is 8.18. The number of rotatable bonds is 5. The number of halogens is 2. The Bertz CT molecular complexity index is 548. The molecule has 2 saturated carbocycles. The van der Waals surface area contributed by atoms with Gasteiger partial charge in [0.15, 0.2) is 0 Å². The van der Waals surface area contributed by atoms with E-state index in [0.717, 1.165) is 38.1 Å². The van der Waals surface area contributed by atoms with Crippen LogP contribution in [0, 0.1) is 18.3 Å². The van der Waals surface area contributed by atoms with Crippen LogP contribution in [0.5, 0.6) is 0 Å². The Kier molecular flexibility index (Phi) is 7.53. The Morgan fingerprint density at radius 3 is 2.71 bits per heavy atom. The van der Waals surface area contributed by atoms with Crippen molar-refractivity contribution in [3.8, 4) is 0 Å². The van der Waals surface area contributed by atoms with Gasteiger partial charge in [-0.25, -0.2) is 4.98 Å². The van der Waals surface area contributed by atoms with Gasteiger partial charge in [-0.3, -0.25) is 4.79 Å². The SMILES string of the molecule is Cc1nccn1CC1(CNC(=O)[C@H]2CC[C@H](N)[C@@H](O)C2)CC1.Cl.Cl. The van der Waals surface area contributed by atoms with E-state index in [9.17, 15) is 9.90 Å². The number of nitrogens with one attached hydrogen (secondary N) is 1. The molecule has 0 unspecified atom stereocenters. The van der Waals surface area contributed by atoms with Crippen molar-refractivity contribution in [2.75, 3.05) is 6.54 Å². The molecule has 1 aromatic rings. The molecule has 138 valence electrons. The van der Waals surface area contributed by atoms with Gasteiger partial charge in [-0.2, -0.15) is 0 Å². The molecule has 0 bridgehead atoms. The highest BCUT2D eigenvalue weighted by atomic mass is 35.5. The summed E-state index contributed by atoms with van der Waals surface area (Å²) in [6, 6.07) is -0.178. The fourth-order valence-electron chi connectivity index (χ4n) is 3.33. The van der Waals surface area contributed by atoms with Crippen molar-refractivity contribution >= 4 is 30.7 Å². The molecule has 1 aromatic heterocycles. The summed E-state index contributed by atoms with van der Waals surface area (Å²) in [5.41, 5.74) is 5.98. The summed E-state index contributed by atoms with van der Waals surface area (Å²) >= 11 is 0. The van der Waals surface area contributed by atoms with Gasteiger partial charge < -0.3 is 20.7 Å². The molecule has 0 saturated heterocycles. The van der Waals surface area contributed by atoms with E-state index in [1.54, 1.807) is 0 Å². The van der Waals surface area contributed by atoms with E-state index in [4.69, 9.17) is 5.73 Å². The average Bonchev–Trinajstić information content (AvgIpc) is 3.15. The molecular weight excluding hydrogens is 351 g/mol.